The zero-order chi connectivity index (χ0) is 9.56. The molecule has 74 valence electrons. The van der Waals surface area contributed by atoms with Crippen LogP contribution in [0.4, 0.5) is 0 Å². The van der Waals surface area contributed by atoms with Gasteiger partial charge in [-0.1, -0.05) is 13.8 Å². The lowest BCUT2D eigenvalue weighted by atomic mass is 10.3. The molecule has 0 aromatic rings. The van der Waals surface area contributed by atoms with Gasteiger partial charge in [0.15, 0.2) is 0 Å². The van der Waals surface area contributed by atoms with Crippen LogP contribution >= 0.6 is 0 Å². The third-order valence-electron chi connectivity index (χ3n) is 2.06. The van der Waals surface area contributed by atoms with Crippen LogP contribution in [0.5, 0.6) is 0 Å². The summed E-state index contributed by atoms with van der Waals surface area (Å²) < 4.78 is 11.6. The van der Waals surface area contributed by atoms with Gasteiger partial charge >= 0.3 is 0 Å². The zero-order valence-electron chi connectivity index (χ0n) is 8.38. The van der Waals surface area contributed by atoms with Gasteiger partial charge in [-0.2, -0.15) is 0 Å². The molecular weight excluding hydrogens is 170 g/mol. The Hall–Kier alpha value is 0.110. The van der Waals surface area contributed by atoms with Gasteiger partial charge in [0.2, 0.25) is 0 Å². The molecule has 2 unspecified atom stereocenters. The molecule has 0 aliphatic carbocycles. The second kappa shape index (κ2) is 6.61. The lowest BCUT2D eigenvalue weighted by Crippen LogP contribution is -2.22. The van der Waals surface area contributed by atoms with E-state index in [-0.39, 0.29) is 6.04 Å². The summed E-state index contributed by atoms with van der Waals surface area (Å²) in [6, 6.07) is 0.184. The molecule has 0 saturated carbocycles. The van der Waals surface area contributed by atoms with Gasteiger partial charge in [0, 0.05) is 27.8 Å². The lowest BCUT2D eigenvalue weighted by Gasteiger charge is -2.12. The summed E-state index contributed by atoms with van der Waals surface area (Å²) in [5, 5.41) is 0.378. The van der Waals surface area contributed by atoms with Crippen LogP contribution in [0, 0.1) is 0 Å². The molecule has 0 amide bonds. The molecule has 0 fully saturated rings. The van der Waals surface area contributed by atoms with E-state index < -0.39 is 10.8 Å². The fourth-order valence-electron chi connectivity index (χ4n) is 1.13. The van der Waals surface area contributed by atoms with Crippen molar-refractivity contribution in [2.75, 3.05) is 5.75 Å². The molecule has 0 bridgehead atoms. The minimum atomic E-state index is -0.658. The number of hydrogen-bond acceptors (Lipinski definition) is 2. The third-order valence-corrected chi connectivity index (χ3v) is 4.11. The summed E-state index contributed by atoms with van der Waals surface area (Å²) in [5.74, 6) is 0.768. The topological polar surface area (TPSA) is 43.1 Å². The number of nitrogens with two attached hydrogens (primary N) is 1. The Bertz CT molecular complexity index is 132. The van der Waals surface area contributed by atoms with E-state index in [1.54, 1.807) is 0 Å². The molecule has 0 radical (unpaired) electrons. The van der Waals surface area contributed by atoms with Crippen LogP contribution in [0.15, 0.2) is 0 Å². The number of hydrogen-bond donors (Lipinski definition) is 1. The van der Waals surface area contributed by atoms with Gasteiger partial charge in [-0.3, -0.25) is 4.21 Å². The van der Waals surface area contributed by atoms with Gasteiger partial charge in [0.1, 0.15) is 0 Å². The Labute approximate surface area is 78.4 Å². The largest absolute Gasteiger partial charge is 0.328 e. The first-order valence-electron chi connectivity index (χ1n) is 4.74. The van der Waals surface area contributed by atoms with E-state index in [4.69, 9.17) is 5.73 Å². The molecule has 2 N–H and O–H groups in total. The van der Waals surface area contributed by atoms with E-state index >= 15 is 0 Å². The highest BCUT2D eigenvalue weighted by Gasteiger charge is 2.12. The van der Waals surface area contributed by atoms with Crippen molar-refractivity contribution >= 4 is 10.8 Å². The van der Waals surface area contributed by atoms with E-state index in [2.05, 4.69) is 13.8 Å². The van der Waals surface area contributed by atoms with Crippen LogP contribution in [-0.2, 0) is 10.8 Å². The lowest BCUT2D eigenvalue weighted by molar-refractivity contribution is 0.645. The Morgan fingerprint density at radius 1 is 1.33 bits per heavy atom. The smallest absolute Gasteiger partial charge is 0.0342 e. The highest BCUT2D eigenvalue weighted by Crippen LogP contribution is 2.07. The van der Waals surface area contributed by atoms with Crippen molar-refractivity contribution in [1.82, 2.24) is 0 Å². The van der Waals surface area contributed by atoms with Crippen LogP contribution in [0.2, 0.25) is 0 Å². The monoisotopic (exact) mass is 191 g/mol. The molecule has 0 aromatic carbocycles. The first-order chi connectivity index (χ1) is 5.61. The van der Waals surface area contributed by atoms with E-state index in [1.807, 2.05) is 6.92 Å². The molecule has 0 heterocycles. The molecule has 0 spiro atoms. The Morgan fingerprint density at radius 3 is 2.17 bits per heavy atom. The van der Waals surface area contributed by atoms with E-state index in [0.717, 1.165) is 25.0 Å². The summed E-state index contributed by atoms with van der Waals surface area (Å²) in [4.78, 5) is 0. The summed E-state index contributed by atoms with van der Waals surface area (Å²) in [6.07, 6.45) is 2.91. The Morgan fingerprint density at radius 2 is 1.83 bits per heavy atom. The first kappa shape index (κ1) is 12.1. The molecule has 2 atom stereocenters. The third kappa shape index (κ3) is 4.88. The highest BCUT2D eigenvalue weighted by molar-refractivity contribution is 7.85. The van der Waals surface area contributed by atoms with Crippen molar-refractivity contribution in [3.8, 4) is 0 Å². The molecule has 3 heteroatoms. The normalized spacial score (nSPS) is 16.4. The van der Waals surface area contributed by atoms with Crippen molar-refractivity contribution in [1.29, 1.82) is 0 Å². The van der Waals surface area contributed by atoms with Crippen molar-refractivity contribution in [2.24, 2.45) is 5.73 Å². The van der Waals surface area contributed by atoms with Crippen LogP contribution in [0.1, 0.15) is 40.0 Å². The average Bonchev–Trinajstić information content (AvgIpc) is 2.03. The van der Waals surface area contributed by atoms with Crippen molar-refractivity contribution in [3.05, 3.63) is 0 Å². The zero-order valence-corrected chi connectivity index (χ0v) is 9.19. The van der Waals surface area contributed by atoms with Gasteiger partial charge in [-0.25, -0.2) is 0 Å². The maximum absolute atomic E-state index is 11.6. The maximum atomic E-state index is 11.6. The SMILES string of the molecule is CCC(CC)S(=O)CCC(C)N. The second-order valence-corrected chi connectivity index (χ2v) is 5.13. The highest BCUT2D eigenvalue weighted by atomic mass is 32.2. The van der Waals surface area contributed by atoms with E-state index in [9.17, 15) is 4.21 Å². The van der Waals surface area contributed by atoms with Crippen LogP contribution in [0.3, 0.4) is 0 Å². The molecular formula is C9H21NOS. The minimum Gasteiger partial charge on any atom is -0.328 e. The molecule has 0 saturated heterocycles. The van der Waals surface area contributed by atoms with Gasteiger partial charge in [0.25, 0.3) is 0 Å². The molecule has 0 aliphatic rings. The summed E-state index contributed by atoms with van der Waals surface area (Å²) >= 11 is 0. The van der Waals surface area contributed by atoms with Crippen LogP contribution in [-0.4, -0.2) is 21.3 Å². The molecule has 0 rings (SSSR count). The quantitative estimate of drug-likeness (QED) is 0.694. The fraction of sp³-hybridized carbons (Fsp3) is 1.00. The van der Waals surface area contributed by atoms with Crippen LogP contribution in [0.25, 0.3) is 0 Å². The van der Waals surface area contributed by atoms with Gasteiger partial charge in [-0.15, -0.1) is 0 Å². The van der Waals surface area contributed by atoms with E-state index in [0.29, 0.717) is 5.25 Å². The summed E-state index contributed by atoms with van der Waals surface area (Å²) in [5.41, 5.74) is 5.59. The predicted molar refractivity (Wildman–Crippen MR) is 55.6 cm³/mol. The summed E-state index contributed by atoms with van der Waals surface area (Å²) in [6.45, 7) is 6.15. The van der Waals surface area contributed by atoms with Gasteiger partial charge in [-0.05, 0) is 26.2 Å². The molecule has 0 aromatic heterocycles. The van der Waals surface area contributed by atoms with Crippen molar-refractivity contribution < 1.29 is 4.21 Å². The molecule has 12 heavy (non-hydrogen) atoms. The van der Waals surface area contributed by atoms with Gasteiger partial charge in [0.05, 0.1) is 0 Å². The van der Waals surface area contributed by atoms with Gasteiger partial charge < -0.3 is 5.73 Å². The molecule has 2 nitrogen and oxygen atoms in total. The minimum absolute atomic E-state index is 0.184. The number of rotatable bonds is 6. The Kier molecular flexibility index (Phi) is 6.67. The van der Waals surface area contributed by atoms with E-state index in [1.165, 1.54) is 0 Å². The van der Waals surface area contributed by atoms with Crippen molar-refractivity contribution in [2.45, 2.75) is 51.3 Å². The molecule has 0 aliphatic heterocycles. The maximum Gasteiger partial charge on any atom is 0.0342 e. The van der Waals surface area contributed by atoms with Crippen LogP contribution < -0.4 is 5.73 Å². The van der Waals surface area contributed by atoms with Crippen molar-refractivity contribution in [3.63, 3.8) is 0 Å². The first-order valence-corrected chi connectivity index (χ1v) is 6.12. The Balaban J connectivity index is 3.69. The standard InChI is InChI=1S/C9H21NOS/c1-4-9(5-2)12(11)7-6-8(3)10/h8-9H,4-7,10H2,1-3H3. The fourth-order valence-corrected chi connectivity index (χ4v) is 2.81. The second-order valence-electron chi connectivity index (χ2n) is 3.29. The summed E-state index contributed by atoms with van der Waals surface area (Å²) in [7, 11) is -0.658. The predicted octanol–water partition coefficient (Wildman–Crippen LogP) is 1.66. The average molecular weight is 191 g/mol.